The second kappa shape index (κ2) is 5.92. The van der Waals surface area contributed by atoms with E-state index < -0.39 is 16.3 Å². The van der Waals surface area contributed by atoms with Crippen molar-refractivity contribution in [3.63, 3.8) is 0 Å². The highest BCUT2D eigenvalue weighted by atomic mass is 35.5. The Kier molecular flexibility index (Phi) is 4.76. The zero-order valence-corrected chi connectivity index (χ0v) is 15.6. The molecule has 2 N–H and O–H groups in total. The van der Waals surface area contributed by atoms with Gasteiger partial charge in [-0.1, -0.05) is 45.4 Å². The molecule has 0 heterocycles. The third-order valence-electron chi connectivity index (χ3n) is 5.32. The summed E-state index contributed by atoms with van der Waals surface area (Å²) >= 11 is 6.18. The number of hydrogen-bond donors (Lipinski definition) is 2. The van der Waals surface area contributed by atoms with Gasteiger partial charge >= 0.3 is 0 Å². The van der Waals surface area contributed by atoms with Crippen molar-refractivity contribution in [3.05, 3.63) is 28.8 Å². The summed E-state index contributed by atoms with van der Waals surface area (Å²) in [7, 11) is -3.51. The fourth-order valence-corrected chi connectivity index (χ4v) is 3.78. The Bertz CT molecular complexity index is 686. The number of ether oxygens (including phenoxy) is 1. The average molecular weight is 362 g/mol. The Balaban J connectivity index is 2.03. The molecule has 23 heavy (non-hydrogen) atoms. The molecule has 1 atom stereocenters. The molecular weight excluding hydrogens is 338 g/mol. The molecule has 0 radical (unpaired) electrons. The molecule has 1 saturated carbocycles. The number of rotatable bonds is 6. The van der Waals surface area contributed by atoms with E-state index in [1.54, 1.807) is 12.1 Å². The van der Waals surface area contributed by atoms with E-state index in [1.807, 2.05) is 0 Å². The molecule has 7 heteroatoms. The van der Waals surface area contributed by atoms with Crippen LogP contribution in [0.1, 0.15) is 39.5 Å². The minimum Gasteiger partial charge on any atom is -0.492 e. The monoisotopic (exact) mass is 361 g/mol. The van der Waals surface area contributed by atoms with Crippen LogP contribution >= 0.6 is 11.6 Å². The second-order valence-electron chi connectivity index (χ2n) is 7.29. The summed E-state index contributed by atoms with van der Waals surface area (Å²) in [6, 6.07) is 4.74. The van der Waals surface area contributed by atoms with Crippen LogP contribution in [0.4, 0.5) is 0 Å². The number of halogens is 1. The van der Waals surface area contributed by atoms with Crippen molar-refractivity contribution in [2.45, 2.75) is 33.9 Å². The topological polar surface area (TPSA) is 75.6 Å². The summed E-state index contributed by atoms with van der Waals surface area (Å²) in [5.41, 5.74) is 0.823. The van der Waals surface area contributed by atoms with E-state index in [9.17, 15) is 13.5 Å². The van der Waals surface area contributed by atoms with Crippen LogP contribution in [0.25, 0.3) is 0 Å². The molecule has 0 amide bonds. The van der Waals surface area contributed by atoms with E-state index in [1.165, 1.54) is 6.07 Å². The molecule has 2 rings (SSSR count). The highest BCUT2D eigenvalue weighted by Gasteiger charge is 2.64. The van der Waals surface area contributed by atoms with Gasteiger partial charge in [-0.05, 0) is 28.5 Å². The first-order valence-corrected chi connectivity index (χ1v) is 9.71. The van der Waals surface area contributed by atoms with Gasteiger partial charge in [0.25, 0.3) is 0 Å². The van der Waals surface area contributed by atoms with Gasteiger partial charge in [0, 0.05) is 5.92 Å². The third kappa shape index (κ3) is 3.82. The number of sulfonamides is 1. The molecule has 0 spiro atoms. The average Bonchev–Trinajstić information content (AvgIpc) is 2.76. The minimum absolute atomic E-state index is 0.231. The van der Waals surface area contributed by atoms with E-state index in [-0.39, 0.29) is 10.8 Å². The Labute approximate surface area is 143 Å². The predicted octanol–water partition coefficient (Wildman–Crippen LogP) is 2.94. The lowest BCUT2D eigenvalue weighted by Crippen LogP contribution is -2.27. The van der Waals surface area contributed by atoms with Gasteiger partial charge in [0.05, 0.1) is 17.9 Å². The first-order chi connectivity index (χ1) is 10.4. The van der Waals surface area contributed by atoms with E-state index in [0.29, 0.717) is 28.9 Å². The first-order valence-electron chi connectivity index (χ1n) is 7.44. The van der Waals surface area contributed by atoms with Gasteiger partial charge < -0.3 is 9.84 Å². The lowest BCUT2D eigenvalue weighted by molar-refractivity contribution is 0.166. The van der Waals surface area contributed by atoms with Gasteiger partial charge in [-0.25, -0.2) is 8.42 Å². The maximum atomic E-state index is 11.1. The molecule has 0 bridgehead atoms. The molecule has 1 unspecified atom stereocenters. The lowest BCUT2D eigenvalue weighted by atomic mass is 10.0. The summed E-state index contributed by atoms with van der Waals surface area (Å²) in [6.45, 7) is 9.46. The normalized spacial score (nSPS) is 21.0. The van der Waals surface area contributed by atoms with Crippen molar-refractivity contribution in [1.82, 2.24) is 4.72 Å². The van der Waals surface area contributed by atoms with E-state index in [4.69, 9.17) is 16.3 Å². The Morgan fingerprint density at radius 2 is 1.87 bits per heavy atom. The third-order valence-corrected chi connectivity index (χ3v) is 6.27. The molecule has 130 valence electrons. The van der Waals surface area contributed by atoms with Crippen LogP contribution in [0.15, 0.2) is 18.2 Å². The van der Waals surface area contributed by atoms with E-state index in [2.05, 4.69) is 32.4 Å². The largest absolute Gasteiger partial charge is 0.492 e. The summed E-state index contributed by atoms with van der Waals surface area (Å²) < 4.78 is 30.2. The summed E-state index contributed by atoms with van der Waals surface area (Å²) in [5.74, 6) is 0.976. The van der Waals surface area contributed by atoms with Crippen LogP contribution in [0, 0.1) is 16.7 Å². The highest BCUT2D eigenvalue weighted by molar-refractivity contribution is 7.88. The van der Waals surface area contributed by atoms with Gasteiger partial charge in [0.1, 0.15) is 12.0 Å². The highest BCUT2D eigenvalue weighted by Crippen LogP contribution is 2.68. The van der Waals surface area contributed by atoms with Crippen molar-refractivity contribution in [2.75, 3.05) is 12.9 Å². The van der Waals surface area contributed by atoms with Crippen molar-refractivity contribution in [1.29, 1.82) is 0 Å². The summed E-state index contributed by atoms with van der Waals surface area (Å²) in [5, 5.41) is 10.2. The van der Waals surface area contributed by atoms with Crippen molar-refractivity contribution < 1.29 is 18.3 Å². The number of nitrogens with one attached hydrogen (secondary N) is 1. The maximum Gasteiger partial charge on any atom is 0.211 e. The fourth-order valence-electron chi connectivity index (χ4n) is 3.00. The summed E-state index contributed by atoms with van der Waals surface area (Å²) in [6.07, 6.45) is -0.355. The quantitative estimate of drug-likeness (QED) is 0.764. The smallest absolute Gasteiger partial charge is 0.211 e. The molecule has 1 aliphatic rings. The fraction of sp³-hybridized carbons (Fsp3) is 0.625. The molecule has 1 aromatic carbocycles. The number of aliphatic hydroxyl groups excluding tert-OH is 1. The molecule has 5 nitrogen and oxygen atoms in total. The molecule has 1 fully saturated rings. The number of benzene rings is 1. The Hall–Kier alpha value is -0.820. The van der Waals surface area contributed by atoms with Crippen molar-refractivity contribution in [2.24, 2.45) is 16.7 Å². The lowest BCUT2D eigenvalue weighted by Gasteiger charge is -2.14. The van der Waals surface area contributed by atoms with Crippen LogP contribution in [-0.2, 0) is 10.0 Å². The van der Waals surface area contributed by atoms with Crippen molar-refractivity contribution in [3.8, 4) is 5.75 Å². The van der Waals surface area contributed by atoms with Crippen molar-refractivity contribution >= 4 is 21.6 Å². The van der Waals surface area contributed by atoms with Crippen LogP contribution in [0.5, 0.6) is 5.75 Å². The SMILES string of the molecule is CC1(C)C(COc2ccc(C(O)NS(C)(=O)=O)cc2Cl)C1(C)C. The predicted molar refractivity (Wildman–Crippen MR) is 90.9 cm³/mol. The molecular formula is C16H24ClNO4S. The van der Waals surface area contributed by atoms with E-state index in [0.717, 1.165) is 6.26 Å². The van der Waals surface area contributed by atoms with Gasteiger partial charge in [-0.3, -0.25) is 0 Å². The summed E-state index contributed by atoms with van der Waals surface area (Å²) in [4.78, 5) is 0. The van der Waals surface area contributed by atoms with Gasteiger partial charge in [0.15, 0.2) is 0 Å². The molecule has 0 aromatic heterocycles. The zero-order valence-electron chi connectivity index (χ0n) is 14.1. The Morgan fingerprint density at radius 3 is 2.30 bits per heavy atom. The maximum absolute atomic E-state index is 11.1. The molecule has 1 aliphatic carbocycles. The van der Waals surface area contributed by atoms with Crippen LogP contribution < -0.4 is 9.46 Å². The van der Waals surface area contributed by atoms with Crippen LogP contribution in [0.3, 0.4) is 0 Å². The van der Waals surface area contributed by atoms with E-state index >= 15 is 0 Å². The van der Waals surface area contributed by atoms with Gasteiger partial charge in [0.2, 0.25) is 10.0 Å². The second-order valence-corrected chi connectivity index (χ2v) is 9.48. The first kappa shape index (κ1) is 18.5. The number of hydrogen-bond acceptors (Lipinski definition) is 4. The minimum atomic E-state index is -3.51. The molecule has 0 saturated heterocycles. The van der Waals surface area contributed by atoms with Gasteiger partial charge in [-0.15, -0.1) is 0 Å². The van der Waals surface area contributed by atoms with Gasteiger partial charge in [-0.2, -0.15) is 4.72 Å². The molecule has 0 aliphatic heterocycles. The number of aliphatic hydroxyl groups is 1. The standard InChI is InChI=1S/C16H24ClNO4S/c1-15(2)13(16(15,3)4)9-22-12-7-6-10(8-11(12)17)14(19)18-23(5,20)21/h6-8,13-14,18-19H,9H2,1-5H3. The van der Waals surface area contributed by atoms with Crippen LogP contribution in [0.2, 0.25) is 5.02 Å². The molecule has 1 aromatic rings. The Morgan fingerprint density at radius 1 is 1.30 bits per heavy atom. The van der Waals surface area contributed by atoms with Crippen LogP contribution in [-0.4, -0.2) is 26.4 Å². The zero-order chi connectivity index (χ0) is 17.6.